The smallest absolute Gasteiger partial charge is 0.258 e. The summed E-state index contributed by atoms with van der Waals surface area (Å²) in [7, 11) is 0. The van der Waals surface area contributed by atoms with E-state index >= 15 is 0 Å². The molecule has 0 atom stereocenters. The molecule has 2 heterocycles. The van der Waals surface area contributed by atoms with Gasteiger partial charge in [0.25, 0.3) is 5.56 Å². The third-order valence-electron chi connectivity index (χ3n) is 3.12. The summed E-state index contributed by atoms with van der Waals surface area (Å²) in [5.41, 5.74) is 4.51. The standard InChI is InChI=1S/C16H14N2O/c1-11-4-3-5-13(8-11)14-9-16(19)18-10-12(2)6-7-15(18)17-14/h3-10H,1-2H3. The third kappa shape index (κ3) is 2.15. The molecule has 0 aliphatic rings. The number of hydrogen-bond acceptors (Lipinski definition) is 2. The van der Waals surface area contributed by atoms with Crippen molar-refractivity contribution in [3.8, 4) is 11.3 Å². The molecule has 0 aliphatic heterocycles. The number of aryl methyl sites for hydroxylation is 2. The van der Waals surface area contributed by atoms with Gasteiger partial charge in [-0.15, -0.1) is 0 Å². The second-order valence-corrected chi connectivity index (χ2v) is 4.78. The van der Waals surface area contributed by atoms with Crippen LogP contribution in [-0.4, -0.2) is 9.38 Å². The molecule has 3 heteroatoms. The van der Waals surface area contributed by atoms with Crippen molar-refractivity contribution in [2.45, 2.75) is 13.8 Å². The lowest BCUT2D eigenvalue weighted by Crippen LogP contribution is -2.14. The summed E-state index contributed by atoms with van der Waals surface area (Å²) in [5, 5.41) is 0. The van der Waals surface area contributed by atoms with E-state index < -0.39 is 0 Å². The fourth-order valence-corrected chi connectivity index (χ4v) is 2.16. The number of pyridine rings is 1. The van der Waals surface area contributed by atoms with E-state index in [0.29, 0.717) is 5.65 Å². The Kier molecular flexibility index (Phi) is 2.67. The molecule has 0 saturated heterocycles. The number of aromatic nitrogens is 2. The SMILES string of the molecule is Cc1cccc(-c2cc(=O)n3cc(C)ccc3n2)c1. The lowest BCUT2D eigenvalue weighted by molar-refractivity contribution is 1.03. The van der Waals surface area contributed by atoms with E-state index in [1.165, 1.54) is 0 Å². The predicted octanol–water partition coefficient (Wildman–Crippen LogP) is 2.98. The predicted molar refractivity (Wildman–Crippen MR) is 76.4 cm³/mol. The molecule has 3 aromatic rings. The molecule has 0 saturated carbocycles. The first-order valence-corrected chi connectivity index (χ1v) is 6.20. The van der Waals surface area contributed by atoms with Crippen LogP contribution >= 0.6 is 0 Å². The molecular formula is C16H14N2O. The molecule has 0 bridgehead atoms. The molecule has 0 amide bonds. The highest BCUT2D eigenvalue weighted by Crippen LogP contribution is 2.17. The van der Waals surface area contributed by atoms with Crippen molar-refractivity contribution in [1.82, 2.24) is 9.38 Å². The second kappa shape index (κ2) is 4.35. The number of hydrogen-bond donors (Lipinski definition) is 0. The van der Waals surface area contributed by atoms with Gasteiger partial charge in [0.15, 0.2) is 0 Å². The number of fused-ring (bicyclic) bond motifs is 1. The average Bonchev–Trinajstić information content (AvgIpc) is 2.39. The van der Waals surface area contributed by atoms with Crippen LogP contribution in [0.4, 0.5) is 0 Å². The van der Waals surface area contributed by atoms with E-state index in [4.69, 9.17) is 0 Å². The third-order valence-corrected chi connectivity index (χ3v) is 3.12. The average molecular weight is 250 g/mol. The van der Waals surface area contributed by atoms with E-state index in [0.717, 1.165) is 22.4 Å². The quantitative estimate of drug-likeness (QED) is 0.665. The van der Waals surface area contributed by atoms with Gasteiger partial charge in [-0.1, -0.05) is 29.8 Å². The van der Waals surface area contributed by atoms with Crippen LogP contribution in [0.5, 0.6) is 0 Å². The Morgan fingerprint density at radius 3 is 2.63 bits per heavy atom. The molecule has 0 radical (unpaired) electrons. The van der Waals surface area contributed by atoms with Gasteiger partial charge in [0.1, 0.15) is 5.65 Å². The monoisotopic (exact) mass is 250 g/mol. The molecule has 94 valence electrons. The van der Waals surface area contributed by atoms with Gasteiger partial charge in [0.05, 0.1) is 5.69 Å². The number of rotatable bonds is 1. The van der Waals surface area contributed by atoms with Crippen molar-refractivity contribution in [2.75, 3.05) is 0 Å². The lowest BCUT2D eigenvalue weighted by atomic mass is 10.1. The van der Waals surface area contributed by atoms with Crippen molar-refractivity contribution >= 4 is 5.65 Å². The first kappa shape index (κ1) is 11.7. The van der Waals surface area contributed by atoms with Crippen LogP contribution in [0.1, 0.15) is 11.1 Å². The molecule has 0 fully saturated rings. The summed E-state index contributed by atoms with van der Waals surface area (Å²) in [6.45, 7) is 3.99. The molecule has 0 spiro atoms. The van der Waals surface area contributed by atoms with Crippen molar-refractivity contribution in [3.63, 3.8) is 0 Å². The second-order valence-electron chi connectivity index (χ2n) is 4.78. The topological polar surface area (TPSA) is 34.4 Å². The van der Waals surface area contributed by atoms with Gasteiger partial charge in [-0.3, -0.25) is 9.20 Å². The molecule has 0 unspecified atom stereocenters. The Labute approximate surface area is 111 Å². The van der Waals surface area contributed by atoms with Crippen LogP contribution in [-0.2, 0) is 0 Å². The molecule has 3 rings (SSSR count). The Hall–Kier alpha value is -2.42. The van der Waals surface area contributed by atoms with Crippen LogP contribution < -0.4 is 5.56 Å². The molecule has 19 heavy (non-hydrogen) atoms. The molecule has 3 nitrogen and oxygen atoms in total. The van der Waals surface area contributed by atoms with Crippen LogP contribution in [0.3, 0.4) is 0 Å². The summed E-state index contributed by atoms with van der Waals surface area (Å²) in [6.07, 6.45) is 1.81. The van der Waals surface area contributed by atoms with Gasteiger partial charge >= 0.3 is 0 Å². The van der Waals surface area contributed by atoms with Gasteiger partial charge in [0.2, 0.25) is 0 Å². The van der Waals surface area contributed by atoms with Gasteiger partial charge in [-0.05, 0) is 31.5 Å². The lowest BCUT2D eigenvalue weighted by Gasteiger charge is -2.05. The van der Waals surface area contributed by atoms with Crippen molar-refractivity contribution in [1.29, 1.82) is 0 Å². The van der Waals surface area contributed by atoms with Crippen LogP contribution in [0.2, 0.25) is 0 Å². The zero-order chi connectivity index (χ0) is 13.4. The Morgan fingerprint density at radius 2 is 1.84 bits per heavy atom. The molecule has 0 N–H and O–H groups in total. The number of benzene rings is 1. The maximum Gasteiger partial charge on any atom is 0.258 e. The first-order valence-electron chi connectivity index (χ1n) is 6.20. The largest absolute Gasteiger partial charge is 0.269 e. The van der Waals surface area contributed by atoms with Crippen molar-refractivity contribution in [3.05, 3.63) is 70.1 Å². The fourth-order valence-electron chi connectivity index (χ4n) is 2.16. The minimum atomic E-state index is -0.0507. The van der Waals surface area contributed by atoms with E-state index in [-0.39, 0.29) is 5.56 Å². The van der Waals surface area contributed by atoms with Gasteiger partial charge in [-0.25, -0.2) is 4.98 Å². The van der Waals surface area contributed by atoms with Gasteiger partial charge < -0.3 is 0 Å². The molecule has 0 aliphatic carbocycles. The van der Waals surface area contributed by atoms with E-state index in [1.807, 2.05) is 56.4 Å². The maximum atomic E-state index is 12.1. The van der Waals surface area contributed by atoms with Crippen molar-refractivity contribution < 1.29 is 0 Å². The zero-order valence-electron chi connectivity index (χ0n) is 10.9. The first-order chi connectivity index (χ1) is 9.13. The van der Waals surface area contributed by atoms with Crippen LogP contribution in [0.15, 0.2) is 53.5 Å². The minimum absolute atomic E-state index is 0.0507. The highest BCUT2D eigenvalue weighted by atomic mass is 16.1. The summed E-state index contributed by atoms with van der Waals surface area (Å²) >= 11 is 0. The Bertz CT molecular complexity index is 818. The fraction of sp³-hybridized carbons (Fsp3) is 0.125. The molecule has 2 aromatic heterocycles. The summed E-state index contributed by atoms with van der Waals surface area (Å²) in [6, 6.07) is 13.4. The Balaban J connectivity index is 2.27. The molecule has 1 aromatic carbocycles. The maximum absolute atomic E-state index is 12.1. The van der Waals surface area contributed by atoms with E-state index in [1.54, 1.807) is 10.5 Å². The summed E-state index contributed by atoms with van der Waals surface area (Å²) in [4.78, 5) is 16.7. The normalized spacial score (nSPS) is 10.8. The summed E-state index contributed by atoms with van der Waals surface area (Å²) < 4.78 is 1.58. The van der Waals surface area contributed by atoms with Crippen LogP contribution in [0.25, 0.3) is 16.9 Å². The van der Waals surface area contributed by atoms with Gasteiger partial charge in [-0.2, -0.15) is 0 Å². The molecular weight excluding hydrogens is 236 g/mol. The highest BCUT2D eigenvalue weighted by Gasteiger charge is 2.04. The highest BCUT2D eigenvalue weighted by molar-refractivity contribution is 5.62. The van der Waals surface area contributed by atoms with Crippen molar-refractivity contribution in [2.24, 2.45) is 0 Å². The zero-order valence-corrected chi connectivity index (χ0v) is 10.9. The van der Waals surface area contributed by atoms with E-state index in [9.17, 15) is 4.79 Å². The number of nitrogens with zero attached hydrogens (tertiary/aromatic N) is 2. The summed E-state index contributed by atoms with van der Waals surface area (Å²) in [5.74, 6) is 0. The van der Waals surface area contributed by atoms with Crippen LogP contribution in [0, 0.1) is 13.8 Å². The van der Waals surface area contributed by atoms with Gasteiger partial charge in [0, 0.05) is 17.8 Å². The van der Waals surface area contributed by atoms with E-state index in [2.05, 4.69) is 4.98 Å². The Morgan fingerprint density at radius 1 is 1.00 bits per heavy atom. The minimum Gasteiger partial charge on any atom is -0.269 e.